The van der Waals surface area contributed by atoms with E-state index in [2.05, 4.69) is 71.0 Å². The molecule has 0 spiro atoms. The summed E-state index contributed by atoms with van der Waals surface area (Å²) in [6.45, 7) is 24.8. The zero-order chi connectivity index (χ0) is 13.3. The Balaban J connectivity index is 5.32. The first-order valence-corrected chi connectivity index (χ1v) is 14.8. The highest BCUT2D eigenvalue weighted by Crippen LogP contribution is 2.54. The minimum absolute atomic E-state index is 0.0386. The van der Waals surface area contributed by atoms with Crippen molar-refractivity contribution in [2.75, 3.05) is 0 Å². The second kappa shape index (κ2) is 5.64. The quantitative estimate of drug-likeness (QED) is 0.495. The van der Waals surface area contributed by atoms with Crippen molar-refractivity contribution in [2.45, 2.75) is 78.3 Å². The smallest absolute Gasteiger partial charge is 0.116 e. The van der Waals surface area contributed by atoms with Crippen LogP contribution in [-0.4, -0.2) is 31.8 Å². The molecule has 0 saturated heterocycles. The highest BCUT2D eigenvalue weighted by atomic mass is 31.1. The van der Waals surface area contributed by atoms with Crippen molar-refractivity contribution >= 4 is 24.5 Å². The standard InChI is InChI=1S/C12H32NPSi2/c1-11(2)14(12(3)4)13(15(5,6)7)16(8,9)10/h11-12H,1-10H3. The lowest BCUT2D eigenvalue weighted by atomic mass is 10.5. The average Bonchev–Trinajstić information content (AvgIpc) is 1.93. The SMILES string of the molecule is CC(C)P(C(C)C)N([Si](C)(C)C)[Si](C)(C)C. The van der Waals surface area contributed by atoms with E-state index in [1.54, 1.807) is 0 Å². The fraction of sp³-hybridized carbons (Fsp3) is 1.00. The van der Waals surface area contributed by atoms with Crippen LogP contribution in [0.4, 0.5) is 0 Å². The lowest BCUT2D eigenvalue weighted by Crippen LogP contribution is -2.57. The lowest BCUT2D eigenvalue weighted by molar-refractivity contribution is 0.874. The van der Waals surface area contributed by atoms with Gasteiger partial charge in [0.15, 0.2) is 0 Å². The van der Waals surface area contributed by atoms with Crippen molar-refractivity contribution in [1.29, 1.82) is 0 Å². The van der Waals surface area contributed by atoms with E-state index in [4.69, 9.17) is 0 Å². The molecule has 0 aliphatic heterocycles. The van der Waals surface area contributed by atoms with Gasteiger partial charge in [0.05, 0.1) is 0 Å². The Morgan fingerprint density at radius 1 is 0.688 bits per heavy atom. The van der Waals surface area contributed by atoms with Crippen LogP contribution in [0, 0.1) is 0 Å². The van der Waals surface area contributed by atoms with Gasteiger partial charge < -0.3 is 4.00 Å². The van der Waals surface area contributed by atoms with Crippen LogP contribution in [0.15, 0.2) is 0 Å². The molecule has 16 heavy (non-hydrogen) atoms. The van der Waals surface area contributed by atoms with E-state index in [9.17, 15) is 0 Å². The first kappa shape index (κ1) is 16.8. The first-order chi connectivity index (χ1) is 6.89. The normalized spacial score (nSPS) is 14.6. The van der Waals surface area contributed by atoms with Crippen LogP contribution < -0.4 is 0 Å². The molecule has 0 radical (unpaired) electrons. The van der Waals surface area contributed by atoms with Crippen molar-refractivity contribution in [2.24, 2.45) is 0 Å². The van der Waals surface area contributed by atoms with E-state index < -0.39 is 16.5 Å². The third-order valence-electron chi connectivity index (χ3n) is 2.56. The molecule has 0 aromatic heterocycles. The predicted molar refractivity (Wildman–Crippen MR) is 85.7 cm³/mol. The highest BCUT2D eigenvalue weighted by molar-refractivity contribution is 7.61. The Labute approximate surface area is 107 Å². The summed E-state index contributed by atoms with van der Waals surface area (Å²) in [6, 6.07) is 0. The van der Waals surface area contributed by atoms with Crippen LogP contribution in [-0.2, 0) is 0 Å². The van der Waals surface area contributed by atoms with Gasteiger partial charge in [-0.25, -0.2) is 0 Å². The van der Waals surface area contributed by atoms with Gasteiger partial charge in [-0.15, -0.1) is 0 Å². The average molecular weight is 278 g/mol. The van der Waals surface area contributed by atoms with Gasteiger partial charge in [0.2, 0.25) is 0 Å². The molecule has 0 aliphatic carbocycles. The van der Waals surface area contributed by atoms with E-state index in [0.29, 0.717) is 0 Å². The fourth-order valence-electron chi connectivity index (χ4n) is 2.76. The molecule has 0 aromatic rings. The van der Waals surface area contributed by atoms with Gasteiger partial charge >= 0.3 is 0 Å². The van der Waals surface area contributed by atoms with Crippen molar-refractivity contribution < 1.29 is 0 Å². The third kappa shape index (κ3) is 4.60. The van der Waals surface area contributed by atoms with E-state index in [0.717, 1.165) is 11.3 Å². The molecule has 0 amide bonds. The Kier molecular flexibility index (Phi) is 5.93. The van der Waals surface area contributed by atoms with Gasteiger partial charge in [0.25, 0.3) is 0 Å². The summed E-state index contributed by atoms with van der Waals surface area (Å²) >= 11 is 0. The molecule has 0 N–H and O–H groups in total. The van der Waals surface area contributed by atoms with Gasteiger partial charge in [-0.1, -0.05) is 67.0 Å². The number of hydrogen-bond donors (Lipinski definition) is 0. The van der Waals surface area contributed by atoms with E-state index in [1.165, 1.54) is 0 Å². The summed E-state index contributed by atoms with van der Waals surface area (Å²) in [4.78, 5) is 0. The van der Waals surface area contributed by atoms with Crippen LogP contribution in [0.2, 0.25) is 39.3 Å². The maximum Gasteiger partial charge on any atom is 0.116 e. The van der Waals surface area contributed by atoms with E-state index >= 15 is 0 Å². The van der Waals surface area contributed by atoms with Crippen LogP contribution >= 0.6 is 8.07 Å². The van der Waals surface area contributed by atoms with Gasteiger partial charge in [-0.05, 0) is 19.4 Å². The van der Waals surface area contributed by atoms with Crippen molar-refractivity contribution in [1.82, 2.24) is 4.00 Å². The summed E-state index contributed by atoms with van der Waals surface area (Å²) in [7, 11) is -2.34. The lowest BCUT2D eigenvalue weighted by Gasteiger charge is -2.51. The largest absolute Gasteiger partial charge is 0.324 e. The second-order valence-corrected chi connectivity index (χ2v) is 21.2. The Morgan fingerprint density at radius 2 is 0.938 bits per heavy atom. The van der Waals surface area contributed by atoms with Gasteiger partial charge in [-0.3, -0.25) is 0 Å². The Bertz CT molecular complexity index is 194. The summed E-state index contributed by atoms with van der Waals surface area (Å²) < 4.78 is 3.03. The summed E-state index contributed by atoms with van der Waals surface area (Å²) in [6.07, 6.45) is 0. The molecule has 1 nitrogen and oxygen atoms in total. The molecule has 0 heterocycles. The number of rotatable bonds is 5. The maximum atomic E-state index is 3.03. The van der Waals surface area contributed by atoms with E-state index in [1.807, 2.05) is 0 Å². The molecular formula is C12H32NPSi2. The topological polar surface area (TPSA) is 3.24 Å². The molecule has 0 aliphatic rings. The predicted octanol–water partition coefficient (Wildman–Crippen LogP) is 5.17. The molecule has 4 heteroatoms. The minimum atomic E-state index is -1.19. The van der Waals surface area contributed by atoms with Gasteiger partial charge in [0, 0.05) is 0 Å². The molecular weight excluding hydrogens is 245 g/mol. The minimum Gasteiger partial charge on any atom is -0.324 e. The monoisotopic (exact) mass is 277 g/mol. The molecule has 0 aromatic carbocycles. The summed E-state index contributed by atoms with van der Waals surface area (Å²) in [5.41, 5.74) is 1.65. The summed E-state index contributed by atoms with van der Waals surface area (Å²) in [5.74, 6) is 0. The molecule has 98 valence electrons. The molecule has 0 rings (SSSR count). The zero-order valence-corrected chi connectivity index (χ0v) is 15.9. The molecule has 0 saturated carbocycles. The Hall–Kier alpha value is 0.824. The first-order valence-electron chi connectivity index (χ1n) is 6.47. The molecule has 0 fully saturated rings. The van der Waals surface area contributed by atoms with Gasteiger partial charge in [0.1, 0.15) is 16.5 Å². The fourth-order valence-corrected chi connectivity index (χ4v) is 21.2. The maximum absolute atomic E-state index is 3.03. The molecule has 0 bridgehead atoms. The van der Waals surface area contributed by atoms with Crippen molar-refractivity contribution in [3.05, 3.63) is 0 Å². The highest BCUT2D eigenvalue weighted by Gasteiger charge is 2.41. The van der Waals surface area contributed by atoms with Crippen LogP contribution in [0.25, 0.3) is 0 Å². The van der Waals surface area contributed by atoms with Crippen LogP contribution in [0.5, 0.6) is 0 Å². The van der Waals surface area contributed by atoms with Crippen LogP contribution in [0.1, 0.15) is 27.7 Å². The van der Waals surface area contributed by atoms with Crippen LogP contribution in [0.3, 0.4) is 0 Å². The Morgan fingerprint density at radius 3 is 1.00 bits per heavy atom. The van der Waals surface area contributed by atoms with E-state index in [-0.39, 0.29) is 8.07 Å². The second-order valence-electron chi connectivity index (χ2n) is 7.22. The van der Waals surface area contributed by atoms with Gasteiger partial charge in [-0.2, -0.15) is 0 Å². The zero-order valence-electron chi connectivity index (χ0n) is 13.0. The summed E-state index contributed by atoms with van der Waals surface area (Å²) in [5, 5.41) is 0. The van der Waals surface area contributed by atoms with Crippen molar-refractivity contribution in [3.8, 4) is 0 Å². The molecule has 0 atom stereocenters. The number of hydrogen-bond acceptors (Lipinski definition) is 1. The molecule has 0 unspecified atom stereocenters. The van der Waals surface area contributed by atoms with Crippen molar-refractivity contribution in [3.63, 3.8) is 0 Å². The number of nitrogens with zero attached hydrogens (tertiary/aromatic N) is 1. The third-order valence-corrected chi connectivity index (χ3v) is 16.7.